The summed E-state index contributed by atoms with van der Waals surface area (Å²) in [5.41, 5.74) is 1.96. The second-order valence-electron chi connectivity index (χ2n) is 6.45. The van der Waals surface area contributed by atoms with Crippen molar-refractivity contribution in [2.75, 3.05) is 12.4 Å². The predicted octanol–water partition coefficient (Wildman–Crippen LogP) is 5.78. The van der Waals surface area contributed by atoms with E-state index >= 15 is 0 Å². The van der Waals surface area contributed by atoms with Gasteiger partial charge in [0.15, 0.2) is 17.6 Å². The van der Waals surface area contributed by atoms with Crippen molar-refractivity contribution in [1.82, 2.24) is 0 Å². The number of para-hydroxylation sites is 2. The van der Waals surface area contributed by atoms with Crippen LogP contribution in [0.2, 0.25) is 0 Å². The lowest BCUT2D eigenvalue weighted by Crippen LogP contribution is -2.32. The molecule has 0 spiro atoms. The molecule has 0 saturated carbocycles. The van der Waals surface area contributed by atoms with Gasteiger partial charge in [0, 0.05) is 16.3 Å². The van der Waals surface area contributed by atoms with Crippen LogP contribution in [-0.2, 0) is 10.5 Å². The van der Waals surface area contributed by atoms with E-state index in [0.29, 0.717) is 17.9 Å². The first kappa shape index (κ1) is 20.8. The Labute approximate surface area is 176 Å². The maximum absolute atomic E-state index is 12.7. The predicted molar refractivity (Wildman–Crippen MR) is 119 cm³/mol. The van der Waals surface area contributed by atoms with E-state index in [1.807, 2.05) is 67.6 Å². The molecule has 0 fully saturated rings. The van der Waals surface area contributed by atoms with Crippen LogP contribution in [0.15, 0.2) is 83.8 Å². The van der Waals surface area contributed by atoms with Crippen molar-refractivity contribution in [3.63, 3.8) is 0 Å². The van der Waals surface area contributed by atoms with E-state index < -0.39 is 6.10 Å². The third-order valence-electron chi connectivity index (χ3n) is 4.37. The van der Waals surface area contributed by atoms with E-state index in [1.165, 1.54) is 10.5 Å². The van der Waals surface area contributed by atoms with E-state index in [1.54, 1.807) is 24.9 Å². The zero-order valence-electron chi connectivity index (χ0n) is 16.6. The van der Waals surface area contributed by atoms with Gasteiger partial charge in [-0.3, -0.25) is 4.79 Å². The van der Waals surface area contributed by atoms with Gasteiger partial charge in [0.25, 0.3) is 5.91 Å². The first-order valence-corrected chi connectivity index (χ1v) is 10.6. The smallest absolute Gasteiger partial charge is 0.265 e. The molecule has 1 N–H and O–H groups in total. The number of thioether (sulfide) groups is 1. The number of carbonyl (C=O) groups is 1. The number of hydrogen-bond donors (Lipinski definition) is 1. The highest BCUT2D eigenvalue weighted by Crippen LogP contribution is 2.28. The lowest BCUT2D eigenvalue weighted by molar-refractivity contribution is -0.122. The lowest BCUT2D eigenvalue weighted by Gasteiger charge is -2.19. The van der Waals surface area contributed by atoms with Crippen molar-refractivity contribution < 1.29 is 14.3 Å². The maximum Gasteiger partial charge on any atom is 0.265 e. The summed E-state index contributed by atoms with van der Waals surface area (Å²) in [6.07, 6.45) is -0.0463. The van der Waals surface area contributed by atoms with Crippen LogP contribution in [0.3, 0.4) is 0 Å². The molecular weight excluding hydrogens is 382 g/mol. The van der Waals surface area contributed by atoms with Crippen LogP contribution in [0.25, 0.3) is 0 Å². The Kier molecular flexibility index (Phi) is 7.59. The third-order valence-corrected chi connectivity index (χ3v) is 5.45. The van der Waals surface area contributed by atoms with Gasteiger partial charge >= 0.3 is 0 Å². The van der Waals surface area contributed by atoms with Crippen molar-refractivity contribution in [3.8, 4) is 11.5 Å². The lowest BCUT2D eigenvalue weighted by atomic mass is 10.2. The van der Waals surface area contributed by atoms with Gasteiger partial charge in [-0.15, -0.1) is 11.8 Å². The monoisotopic (exact) mass is 407 g/mol. The highest BCUT2D eigenvalue weighted by atomic mass is 32.2. The van der Waals surface area contributed by atoms with E-state index in [-0.39, 0.29) is 5.91 Å². The molecule has 0 radical (unpaired) electrons. The largest absolute Gasteiger partial charge is 0.493 e. The van der Waals surface area contributed by atoms with Crippen molar-refractivity contribution in [2.45, 2.75) is 30.1 Å². The molecule has 0 unspecified atom stereocenters. The Bertz CT molecular complexity index is 913. The average Bonchev–Trinajstić information content (AvgIpc) is 2.77. The molecule has 4 nitrogen and oxygen atoms in total. The minimum atomic E-state index is -0.598. The fourth-order valence-electron chi connectivity index (χ4n) is 2.78. The van der Waals surface area contributed by atoms with Crippen LogP contribution < -0.4 is 14.8 Å². The molecule has 0 heterocycles. The number of ether oxygens (including phenoxy) is 2. The van der Waals surface area contributed by atoms with Gasteiger partial charge in [0.2, 0.25) is 0 Å². The highest BCUT2D eigenvalue weighted by Gasteiger charge is 2.20. The molecule has 5 heteroatoms. The molecule has 0 aromatic heterocycles. The van der Waals surface area contributed by atoms with Gasteiger partial charge in [-0.2, -0.15) is 0 Å². The standard InChI is InChI=1S/C24H25NO3S/c1-3-21(28-23-12-8-7-11-22(23)27-2)24(26)25-19-15-13-18(14-16-19)17-29-20-9-5-4-6-10-20/h4-16,21H,3,17H2,1-2H3,(H,25,26)/t21-/m0/s1. The number of methoxy groups -OCH3 is 1. The average molecular weight is 408 g/mol. The highest BCUT2D eigenvalue weighted by molar-refractivity contribution is 7.98. The topological polar surface area (TPSA) is 47.6 Å². The minimum Gasteiger partial charge on any atom is -0.493 e. The molecule has 0 aliphatic rings. The molecule has 150 valence electrons. The Hall–Kier alpha value is -2.92. The fraction of sp³-hybridized carbons (Fsp3) is 0.208. The van der Waals surface area contributed by atoms with Crippen molar-refractivity contribution in [2.24, 2.45) is 0 Å². The Morgan fingerprint density at radius 2 is 1.59 bits per heavy atom. The van der Waals surface area contributed by atoms with Gasteiger partial charge in [0.05, 0.1) is 7.11 Å². The number of amides is 1. The van der Waals surface area contributed by atoms with Gasteiger partial charge < -0.3 is 14.8 Å². The molecule has 0 aliphatic carbocycles. The van der Waals surface area contributed by atoms with Crippen LogP contribution in [0.1, 0.15) is 18.9 Å². The van der Waals surface area contributed by atoms with Crippen LogP contribution in [0.4, 0.5) is 5.69 Å². The number of nitrogens with one attached hydrogen (secondary N) is 1. The maximum atomic E-state index is 12.7. The summed E-state index contributed by atoms with van der Waals surface area (Å²) >= 11 is 1.79. The molecule has 3 aromatic rings. The molecule has 1 atom stereocenters. The summed E-state index contributed by atoms with van der Waals surface area (Å²) in [5, 5.41) is 2.94. The van der Waals surface area contributed by atoms with Crippen molar-refractivity contribution in [3.05, 3.63) is 84.4 Å². The van der Waals surface area contributed by atoms with Crippen LogP contribution >= 0.6 is 11.8 Å². The SMILES string of the molecule is CC[C@H](Oc1ccccc1OC)C(=O)Nc1ccc(CSc2ccccc2)cc1. The van der Waals surface area contributed by atoms with Gasteiger partial charge in [0.1, 0.15) is 0 Å². The Balaban J connectivity index is 1.57. The molecule has 3 aromatic carbocycles. The second-order valence-corrected chi connectivity index (χ2v) is 7.50. The molecule has 0 bridgehead atoms. The first-order valence-electron chi connectivity index (χ1n) is 9.57. The molecule has 29 heavy (non-hydrogen) atoms. The van der Waals surface area contributed by atoms with Gasteiger partial charge in [-0.05, 0) is 48.4 Å². The molecule has 3 rings (SSSR count). The zero-order valence-corrected chi connectivity index (χ0v) is 17.4. The van der Waals surface area contributed by atoms with Gasteiger partial charge in [-0.1, -0.05) is 49.4 Å². The third kappa shape index (κ3) is 6.03. The molecule has 0 saturated heterocycles. The quantitative estimate of drug-likeness (QED) is 0.457. The summed E-state index contributed by atoms with van der Waals surface area (Å²) in [7, 11) is 1.58. The van der Waals surface area contributed by atoms with Gasteiger partial charge in [-0.25, -0.2) is 0 Å². The van der Waals surface area contributed by atoms with Crippen LogP contribution in [-0.4, -0.2) is 19.1 Å². The fourth-order valence-corrected chi connectivity index (χ4v) is 3.66. The van der Waals surface area contributed by atoms with Crippen LogP contribution in [0.5, 0.6) is 11.5 Å². The number of hydrogen-bond acceptors (Lipinski definition) is 4. The number of benzene rings is 3. The molecule has 0 aliphatic heterocycles. The summed E-state index contributed by atoms with van der Waals surface area (Å²) in [4.78, 5) is 13.9. The van der Waals surface area contributed by atoms with Crippen LogP contribution in [0, 0.1) is 0 Å². The second kappa shape index (κ2) is 10.6. The van der Waals surface area contributed by atoms with Crippen molar-refractivity contribution in [1.29, 1.82) is 0 Å². The van der Waals surface area contributed by atoms with E-state index in [2.05, 4.69) is 17.4 Å². The number of carbonyl (C=O) groups excluding carboxylic acids is 1. The van der Waals surface area contributed by atoms with Crippen molar-refractivity contribution >= 4 is 23.4 Å². The molecule has 1 amide bonds. The summed E-state index contributed by atoms with van der Waals surface area (Å²) in [5.74, 6) is 1.88. The normalized spacial score (nSPS) is 11.5. The number of anilines is 1. The van der Waals surface area contributed by atoms with E-state index in [0.717, 1.165) is 11.4 Å². The Morgan fingerprint density at radius 1 is 0.931 bits per heavy atom. The van der Waals surface area contributed by atoms with E-state index in [9.17, 15) is 4.79 Å². The Morgan fingerprint density at radius 3 is 2.24 bits per heavy atom. The zero-order chi connectivity index (χ0) is 20.5. The summed E-state index contributed by atoms with van der Waals surface area (Å²) in [6.45, 7) is 1.92. The number of rotatable bonds is 9. The minimum absolute atomic E-state index is 0.176. The summed E-state index contributed by atoms with van der Waals surface area (Å²) in [6, 6.07) is 25.6. The first-order chi connectivity index (χ1) is 14.2. The molecular formula is C24H25NO3S. The van der Waals surface area contributed by atoms with E-state index in [4.69, 9.17) is 9.47 Å². The summed E-state index contributed by atoms with van der Waals surface area (Å²) < 4.78 is 11.2.